The van der Waals surface area contributed by atoms with Gasteiger partial charge in [-0.2, -0.15) is 0 Å². The maximum absolute atomic E-state index is 5.55. The lowest BCUT2D eigenvalue weighted by molar-refractivity contribution is -0.0863. The molecular formula is C8H17NO2. The Hall–Kier alpha value is -0.120. The molecule has 1 atom stereocenters. The van der Waals surface area contributed by atoms with Crippen LogP contribution in [0.25, 0.3) is 0 Å². The molecular weight excluding hydrogens is 142 g/mol. The van der Waals surface area contributed by atoms with Gasteiger partial charge in [-0.3, -0.25) is 0 Å². The summed E-state index contributed by atoms with van der Waals surface area (Å²) in [6, 6.07) is 0. The van der Waals surface area contributed by atoms with Gasteiger partial charge in [0.05, 0.1) is 12.2 Å². The van der Waals surface area contributed by atoms with Crippen molar-refractivity contribution in [2.75, 3.05) is 13.2 Å². The monoisotopic (exact) mass is 159 g/mol. The number of hydrogen-bond acceptors (Lipinski definition) is 3. The van der Waals surface area contributed by atoms with Gasteiger partial charge in [0.1, 0.15) is 0 Å². The van der Waals surface area contributed by atoms with Crippen LogP contribution >= 0.6 is 0 Å². The van der Waals surface area contributed by atoms with Crippen molar-refractivity contribution in [2.45, 2.75) is 32.3 Å². The van der Waals surface area contributed by atoms with Crippen LogP contribution in [0.15, 0.2) is 0 Å². The molecule has 1 rings (SSSR count). The summed E-state index contributed by atoms with van der Waals surface area (Å²) in [4.78, 5) is 4.62. The summed E-state index contributed by atoms with van der Waals surface area (Å²) in [5.41, 5.74) is 0.0153. The van der Waals surface area contributed by atoms with Gasteiger partial charge in [-0.05, 0) is 32.6 Å². The van der Waals surface area contributed by atoms with Crippen molar-refractivity contribution < 1.29 is 9.57 Å². The van der Waals surface area contributed by atoms with Crippen LogP contribution in [-0.2, 0) is 9.57 Å². The van der Waals surface area contributed by atoms with Crippen LogP contribution in [0.3, 0.4) is 0 Å². The Morgan fingerprint density at radius 3 is 2.91 bits per heavy atom. The summed E-state index contributed by atoms with van der Waals surface area (Å²) in [6.07, 6.45) is 2.12. The molecule has 0 radical (unpaired) electrons. The van der Waals surface area contributed by atoms with Gasteiger partial charge in [0.15, 0.2) is 0 Å². The van der Waals surface area contributed by atoms with Gasteiger partial charge >= 0.3 is 0 Å². The van der Waals surface area contributed by atoms with Crippen LogP contribution in [0.5, 0.6) is 0 Å². The third-order valence-electron chi connectivity index (χ3n) is 2.13. The van der Waals surface area contributed by atoms with Crippen LogP contribution in [0, 0.1) is 5.92 Å². The average molecular weight is 159 g/mol. The van der Waals surface area contributed by atoms with E-state index in [0.717, 1.165) is 19.4 Å². The molecule has 1 aliphatic heterocycles. The molecule has 0 bridgehead atoms. The van der Waals surface area contributed by atoms with E-state index in [1.807, 2.05) is 0 Å². The highest BCUT2D eigenvalue weighted by Crippen LogP contribution is 2.28. The first kappa shape index (κ1) is 8.97. The maximum Gasteiger partial charge on any atom is 0.0709 e. The van der Waals surface area contributed by atoms with E-state index in [0.29, 0.717) is 12.5 Å². The van der Waals surface area contributed by atoms with Gasteiger partial charge in [-0.15, -0.1) is 0 Å². The van der Waals surface area contributed by atoms with Crippen LogP contribution in [-0.4, -0.2) is 18.8 Å². The lowest BCUT2D eigenvalue weighted by atomic mass is 9.89. The molecule has 1 fully saturated rings. The lowest BCUT2D eigenvalue weighted by Gasteiger charge is -2.34. The molecule has 3 heteroatoms. The maximum atomic E-state index is 5.55. The second-order valence-corrected chi connectivity index (χ2v) is 3.80. The topological polar surface area (TPSA) is 44.5 Å². The molecule has 1 saturated heterocycles. The molecule has 0 saturated carbocycles. The fourth-order valence-corrected chi connectivity index (χ4v) is 1.64. The third kappa shape index (κ3) is 2.77. The minimum absolute atomic E-state index is 0.0153. The fraction of sp³-hybridized carbons (Fsp3) is 1.00. The molecule has 66 valence electrons. The zero-order chi connectivity index (χ0) is 8.32. The van der Waals surface area contributed by atoms with E-state index in [-0.39, 0.29) is 5.60 Å². The molecule has 0 aromatic heterocycles. The number of ether oxygens (including phenoxy) is 1. The molecule has 1 aliphatic rings. The predicted molar refractivity (Wildman–Crippen MR) is 42.9 cm³/mol. The van der Waals surface area contributed by atoms with E-state index in [4.69, 9.17) is 10.6 Å². The van der Waals surface area contributed by atoms with Crippen LogP contribution in [0.1, 0.15) is 26.7 Å². The Morgan fingerprint density at radius 2 is 2.36 bits per heavy atom. The highest BCUT2D eigenvalue weighted by atomic mass is 16.6. The summed E-state index contributed by atoms with van der Waals surface area (Å²) >= 11 is 0. The van der Waals surface area contributed by atoms with Crippen molar-refractivity contribution in [1.82, 2.24) is 0 Å². The van der Waals surface area contributed by atoms with E-state index >= 15 is 0 Å². The zero-order valence-corrected chi connectivity index (χ0v) is 7.30. The quantitative estimate of drug-likeness (QED) is 0.613. The number of nitrogens with two attached hydrogens (primary N) is 1. The van der Waals surface area contributed by atoms with Gasteiger partial charge in [0, 0.05) is 6.61 Å². The van der Waals surface area contributed by atoms with Gasteiger partial charge < -0.3 is 9.57 Å². The van der Waals surface area contributed by atoms with E-state index in [2.05, 4.69) is 18.7 Å². The highest BCUT2D eigenvalue weighted by molar-refractivity contribution is 4.78. The van der Waals surface area contributed by atoms with Crippen molar-refractivity contribution in [3.63, 3.8) is 0 Å². The summed E-state index contributed by atoms with van der Waals surface area (Å²) in [5, 5.41) is 0. The standard InChI is InChI=1S/C8H17NO2/c1-8(2)5-7(6-11-9)3-4-10-8/h7H,3-6,9H2,1-2H3. The Bertz CT molecular complexity index is 123. The van der Waals surface area contributed by atoms with Crippen molar-refractivity contribution in [1.29, 1.82) is 0 Å². The Balaban J connectivity index is 2.34. The van der Waals surface area contributed by atoms with E-state index < -0.39 is 0 Å². The molecule has 0 amide bonds. The van der Waals surface area contributed by atoms with Crippen molar-refractivity contribution >= 4 is 0 Å². The van der Waals surface area contributed by atoms with Gasteiger partial charge in [-0.25, -0.2) is 5.90 Å². The second kappa shape index (κ2) is 3.52. The summed E-state index contributed by atoms with van der Waals surface area (Å²) in [7, 11) is 0. The smallest absolute Gasteiger partial charge is 0.0709 e. The summed E-state index contributed by atoms with van der Waals surface area (Å²) < 4.78 is 5.55. The molecule has 0 spiro atoms. The summed E-state index contributed by atoms with van der Waals surface area (Å²) in [6.45, 7) is 5.71. The molecule has 1 heterocycles. The molecule has 2 N–H and O–H groups in total. The SMILES string of the molecule is CC1(C)CC(CON)CCO1. The van der Waals surface area contributed by atoms with Crippen LogP contribution in [0.4, 0.5) is 0 Å². The largest absolute Gasteiger partial charge is 0.376 e. The lowest BCUT2D eigenvalue weighted by Crippen LogP contribution is -2.35. The molecule has 11 heavy (non-hydrogen) atoms. The van der Waals surface area contributed by atoms with Crippen molar-refractivity contribution in [3.05, 3.63) is 0 Å². The minimum Gasteiger partial charge on any atom is -0.376 e. The Kier molecular flexibility index (Phi) is 2.87. The minimum atomic E-state index is 0.0153. The highest BCUT2D eigenvalue weighted by Gasteiger charge is 2.28. The van der Waals surface area contributed by atoms with Crippen LogP contribution in [0.2, 0.25) is 0 Å². The van der Waals surface area contributed by atoms with Crippen LogP contribution < -0.4 is 5.90 Å². The van der Waals surface area contributed by atoms with E-state index in [1.165, 1.54) is 0 Å². The van der Waals surface area contributed by atoms with Gasteiger partial charge in [0.25, 0.3) is 0 Å². The molecule has 0 aromatic carbocycles. The second-order valence-electron chi connectivity index (χ2n) is 3.80. The predicted octanol–water partition coefficient (Wildman–Crippen LogP) is 1.08. The van der Waals surface area contributed by atoms with E-state index in [1.54, 1.807) is 0 Å². The first-order chi connectivity index (χ1) is 5.14. The fourth-order valence-electron chi connectivity index (χ4n) is 1.64. The number of rotatable bonds is 2. The van der Waals surface area contributed by atoms with E-state index in [9.17, 15) is 0 Å². The first-order valence-corrected chi connectivity index (χ1v) is 4.10. The van der Waals surface area contributed by atoms with Gasteiger partial charge in [0.2, 0.25) is 0 Å². The normalized spacial score (nSPS) is 30.3. The van der Waals surface area contributed by atoms with Crippen molar-refractivity contribution in [3.8, 4) is 0 Å². The summed E-state index contributed by atoms with van der Waals surface area (Å²) in [5.74, 6) is 5.58. The molecule has 3 nitrogen and oxygen atoms in total. The molecule has 0 aliphatic carbocycles. The zero-order valence-electron chi connectivity index (χ0n) is 7.30. The third-order valence-corrected chi connectivity index (χ3v) is 2.13. The average Bonchev–Trinajstić information content (AvgIpc) is 1.85. The number of hydrogen-bond donors (Lipinski definition) is 1. The molecule has 1 unspecified atom stereocenters. The van der Waals surface area contributed by atoms with Crippen molar-refractivity contribution in [2.24, 2.45) is 11.8 Å². The molecule has 0 aromatic rings. The van der Waals surface area contributed by atoms with Gasteiger partial charge in [-0.1, -0.05) is 0 Å². The Morgan fingerprint density at radius 1 is 1.64 bits per heavy atom. The Labute approximate surface area is 67.8 Å². The first-order valence-electron chi connectivity index (χ1n) is 4.10.